The van der Waals surface area contributed by atoms with Crippen molar-refractivity contribution in [2.45, 2.75) is 0 Å². The molecule has 0 fully saturated rings. The zero-order chi connectivity index (χ0) is 8.27. The van der Waals surface area contributed by atoms with E-state index in [1.165, 1.54) is 12.4 Å². The molecular formula is C6H8N4O. The minimum atomic E-state index is -0.648. The lowest BCUT2D eigenvalue weighted by atomic mass is 10.3. The van der Waals surface area contributed by atoms with Crippen LogP contribution in [0.4, 0.5) is 16.2 Å². The van der Waals surface area contributed by atoms with Crippen LogP contribution in [0.25, 0.3) is 0 Å². The molecule has 1 aromatic rings. The van der Waals surface area contributed by atoms with E-state index >= 15 is 0 Å². The van der Waals surface area contributed by atoms with E-state index in [1.54, 1.807) is 6.07 Å². The fourth-order valence-electron chi connectivity index (χ4n) is 0.642. The van der Waals surface area contributed by atoms with E-state index in [-0.39, 0.29) is 0 Å². The van der Waals surface area contributed by atoms with Gasteiger partial charge in [0.15, 0.2) is 0 Å². The third-order valence-corrected chi connectivity index (χ3v) is 1.11. The lowest BCUT2D eigenvalue weighted by molar-refractivity contribution is 0.259. The molecule has 5 nitrogen and oxygen atoms in total. The summed E-state index contributed by atoms with van der Waals surface area (Å²) in [6.45, 7) is 0. The highest BCUT2D eigenvalue weighted by Gasteiger charge is 1.98. The maximum atomic E-state index is 10.3. The number of nitrogen functional groups attached to an aromatic ring is 1. The van der Waals surface area contributed by atoms with Crippen LogP contribution >= 0.6 is 0 Å². The van der Waals surface area contributed by atoms with Crippen LogP contribution in [-0.2, 0) is 0 Å². The number of rotatable bonds is 1. The minimum absolute atomic E-state index is 0.431. The Labute approximate surface area is 63.4 Å². The predicted octanol–water partition coefficient (Wildman–Crippen LogP) is 0.154. The van der Waals surface area contributed by atoms with Crippen LogP contribution in [0.15, 0.2) is 18.5 Å². The maximum Gasteiger partial charge on any atom is 0.316 e. The van der Waals surface area contributed by atoms with Crippen LogP contribution in [-0.4, -0.2) is 11.0 Å². The first-order valence-electron chi connectivity index (χ1n) is 2.96. The molecule has 1 aromatic heterocycles. The van der Waals surface area contributed by atoms with Crippen molar-refractivity contribution < 1.29 is 4.79 Å². The molecule has 0 saturated heterocycles. The summed E-state index contributed by atoms with van der Waals surface area (Å²) >= 11 is 0. The highest BCUT2D eigenvalue weighted by molar-refractivity contribution is 5.90. The molecule has 1 heterocycles. The van der Waals surface area contributed by atoms with Gasteiger partial charge in [0.25, 0.3) is 0 Å². The summed E-state index contributed by atoms with van der Waals surface area (Å²) in [6.07, 6.45) is 2.96. The maximum absolute atomic E-state index is 10.3. The molecule has 0 aromatic carbocycles. The number of nitrogens with one attached hydrogen (secondary N) is 1. The molecule has 0 aliphatic heterocycles. The van der Waals surface area contributed by atoms with Gasteiger partial charge in [-0.1, -0.05) is 0 Å². The van der Waals surface area contributed by atoms with Crippen molar-refractivity contribution in [1.29, 1.82) is 0 Å². The number of aromatic nitrogens is 1. The number of carbonyl (C=O) groups is 1. The predicted molar refractivity (Wildman–Crippen MR) is 41.9 cm³/mol. The van der Waals surface area contributed by atoms with Gasteiger partial charge in [-0.05, 0) is 6.07 Å². The molecular weight excluding hydrogens is 144 g/mol. The van der Waals surface area contributed by atoms with E-state index in [9.17, 15) is 4.79 Å². The molecule has 0 spiro atoms. The number of pyridine rings is 1. The second kappa shape index (κ2) is 2.87. The quantitative estimate of drug-likeness (QED) is 0.534. The summed E-state index contributed by atoms with van der Waals surface area (Å²) in [5.41, 5.74) is 11.2. The van der Waals surface area contributed by atoms with Gasteiger partial charge in [-0.3, -0.25) is 4.98 Å². The molecule has 0 radical (unpaired) electrons. The van der Waals surface area contributed by atoms with Crippen molar-refractivity contribution in [3.05, 3.63) is 18.5 Å². The topological polar surface area (TPSA) is 94.0 Å². The van der Waals surface area contributed by atoms with Gasteiger partial charge in [0, 0.05) is 6.20 Å². The third kappa shape index (κ3) is 1.82. The van der Waals surface area contributed by atoms with Crippen LogP contribution in [0.5, 0.6) is 0 Å². The van der Waals surface area contributed by atoms with Crippen molar-refractivity contribution in [3.8, 4) is 0 Å². The zero-order valence-corrected chi connectivity index (χ0v) is 5.74. The van der Waals surface area contributed by atoms with Crippen molar-refractivity contribution in [2.24, 2.45) is 5.73 Å². The van der Waals surface area contributed by atoms with Gasteiger partial charge in [-0.25, -0.2) is 4.79 Å². The Balaban J connectivity index is 2.86. The fraction of sp³-hybridized carbons (Fsp3) is 0. The first-order chi connectivity index (χ1) is 5.20. The third-order valence-electron chi connectivity index (χ3n) is 1.11. The Morgan fingerprint density at radius 1 is 1.64 bits per heavy atom. The second-order valence-electron chi connectivity index (χ2n) is 1.95. The normalized spacial score (nSPS) is 9.09. The van der Waals surface area contributed by atoms with Gasteiger partial charge >= 0.3 is 6.03 Å². The van der Waals surface area contributed by atoms with Gasteiger partial charge in [-0.15, -0.1) is 0 Å². The summed E-state index contributed by atoms with van der Waals surface area (Å²) in [6, 6.07) is 0.926. The number of nitrogens with two attached hydrogens (primary N) is 2. The average molecular weight is 152 g/mol. The summed E-state index contributed by atoms with van der Waals surface area (Å²) in [4.78, 5) is 14.1. The average Bonchev–Trinajstić information content (AvgIpc) is 1.93. The van der Waals surface area contributed by atoms with Crippen LogP contribution in [0, 0.1) is 0 Å². The van der Waals surface area contributed by atoms with Crippen molar-refractivity contribution in [1.82, 2.24) is 4.98 Å². The number of urea groups is 1. The largest absolute Gasteiger partial charge is 0.397 e. The highest BCUT2D eigenvalue weighted by atomic mass is 16.2. The summed E-state index contributed by atoms with van der Waals surface area (Å²) in [5, 5.41) is 2.32. The Morgan fingerprint density at radius 2 is 2.36 bits per heavy atom. The van der Waals surface area contributed by atoms with Crippen LogP contribution in [0.1, 0.15) is 0 Å². The van der Waals surface area contributed by atoms with E-state index in [0.717, 1.165) is 0 Å². The Bertz CT molecular complexity index is 273. The number of hydrogen-bond acceptors (Lipinski definition) is 3. The summed E-state index contributed by atoms with van der Waals surface area (Å²) < 4.78 is 0. The molecule has 5 heteroatoms. The molecule has 0 atom stereocenters. The van der Waals surface area contributed by atoms with Crippen molar-refractivity contribution in [2.75, 3.05) is 11.1 Å². The number of hydrogen-bond donors (Lipinski definition) is 3. The molecule has 58 valence electrons. The first-order valence-corrected chi connectivity index (χ1v) is 2.96. The monoisotopic (exact) mass is 152 g/mol. The van der Waals surface area contributed by atoms with E-state index in [0.29, 0.717) is 11.4 Å². The number of amides is 2. The summed E-state index contributed by atoms with van der Waals surface area (Å²) in [5.74, 6) is 0. The molecule has 0 unspecified atom stereocenters. The number of primary amides is 1. The van der Waals surface area contributed by atoms with Gasteiger partial charge in [0.05, 0.1) is 17.6 Å². The van der Waals surface area contributed by atoms with Gasteiger partial charge in [-0.2, -0.15) is 0 Å². The molecule has 2 amide bonds. The van der Waals surface area contributed by atoms with Gasteiger partial charge < -0.3 is 16.8 Å². The van der Waals surface area contributed by atoms with Crippen LogP contribution in [0.2, 0.25) is 0 Å². The van der Waals surface area contributed by atoms with E-state index < -0.39 is 6.03 Å². The van der Waals surface area contributed by atoms with E-state index in [1.807, 2.05) is 0 Å². The molecule has 0 aliphatic carbocycles. The van der Waals surface area contributed by atoms with Gasteiger partial charge in [0.1, 0.15) is 0 Å². The van der Waals surface area contributed by atoms with E-state index in [2.05, 4.69) is 10.3 Å². The lowest BCUT2D eigenvalue weighted by Crippen LogP contribution is -2.20. The SMILES string of the molecule is NC(=O)Nc1cnccc1N. The Morgan fingerprint density at radius 3 is 2.91 bits per heavy atom. The highest BCUT2D eigenvalue weighted by Crippen LogP contribution is 2.13. The molecule has 5 N–H and O–H groups in total. The van der Waals surface area contributed by atoms with Gasteiger partial charge in [0.2, 0.25) is 0 Å². The molecule has 0 bridgehead atoms. The van der Waals surface area contributed by atoms with Crippen molar-refractivity contribution in [3.63, 3.8) is 0 Å². The Kier molecular flexibility index (Phi) is 1.91. The van der Waals surface area contributed by atoms with E-state index in [4.69, 9.17) is 11.5 Å². The van der Waals surface area contributed by atoms with Crippen LogP contribution < -0.4 is 16.8 Å². The zero-order valence-electron chi connectivity index (χ0n) is 5.74. The first kappa shape index (κ1) is 7.33. The minimum Gasteiger partial charge on any atom is -0.397 e. The fourth-order valence-corrected chi connectivity index (χ4v) is 0.642. The molecule has 0 aliphatic rings. The summed E-state index contributed by atoms with van der Waals surface area (Å²) in [7, 11) is 0. The lowest BCUT2D eigenvalue weighted by Gasteiger charge is -2.02. The Hall–Kier alpha value is -1.78. The molecule has 11 heavy (non-hydrogen) atoms. The number of nitrogens with zero attached hydrogens (tertiary/aromatic N) is 1. The smallest absolute Gasteiger partial charge is 0.316 e. The van der Waals surface area contributed by atoms with Crippen molar-refractivity contribution >= 4 is 17.4 Å². The molecule has 1 rings (SSSR count). The van der Waals surface area contributed by atoms with Crippen LogP contribution in [0.3, 0.4) is 0 Å². The number of carbonyl (C=O) groups excluding carboxylic acids is 1. The number of anilines is 2. The second-order valence-corrected chi connectivity index (χ2v) is 1.95. The molecule has 0 saturated carbocycles. The standard InChI is InChI=1S/C6H8N4O/c7-4-1-2-9-3-5(4)10-6(8)11/h1-3H,(H2,7,9)(H3,8,10,11).